The molecule has 17 heavy (non-hydrogen) atoms. The molecule has 2 aromatic rings. The van der Waals surface area contributed by atoms with Crippen LogP contribution >= 0.6 is 12.2 Å². The summed E-state index contributed by atoms with van der Waals surface area (Å²) in [5.41, 5.74) is 2.43. The average Bonchev–Trinajstić information content (AvgIpc) is 3.13. The number of nitrogens with one attached hydrogen (secondary N) is 1. The van der Waals surface area contributed by atoms with Crippen LogP contribution in [0.15, 0.2) is 36.5 Å². The summed E-state index contributed by atoms with van der Waals surface area (Å²) < 4.78 is 3.10. The summed E-state index contributed by atoms with van der Waals surface area (Å²) in [6.07, 6.45) is 4.70. The number of benzene rings is 1. The molecule has 3 rings (SSSR count). The van der Waals surface area contributed by atoms with E-state index < -0.39 is 0 Å². The van der Waals surface area contributed by atoms with Crippen molar-refractivity contribution in [2.24, 2.45) is 5.92 Å². The quantitative estimate of drug-likeness (QED) is 0.803. The van der Waals surface area contributed by atoms with Gasteiger partial charge in [-0.15, -0.1) is 0 Å². The zero-order valence-corrected chi connectivity index (χ0v) is 10.7. The molecule has 1 aliphatic rings. The lowest BCUT2D eigenvalue weighted by Gasteiger charge is -2.16. The van der Waals surface area contributed by atoms with Gasteiger partial charge in [-0.1, -0.05) is 30.3 Å². The van der Waals surface area contributed by atoms with E-state index in [9.17, 15) is 0 Å². The molecule has 0 radical (unpaired) electrons. The van der Waals surface area contributed by atoms with E-state index in [0.29, 0.717) is 6.04 Å². The highest BCUT2D eigenvalue weighted by Gasteiger charge is 2.30. The molecule has 1 N–H and O–H groups in total. The maximum atomic E-state index is 5.40. The van der Waals surface area contributed by atoms with E-state index >= 15 is 0 Å². The Bertz CT molecular complexity index is 563. The van der Waals surface area contributed by atoms with Crippen LogP contribution < -0.4 is 0 Å². The largest absolute Gasteiger partial charge is 0.337 e. The maximum absolute atomic E-state index is 5.40. The Balaban J connectivity index is 2.09. The molecule has 1 heterocycles. The number of imidazole rings is 1. The van der Waals surface area contributed by atoms with E-state index in [1.807, 2.05) is 12.3 Å². The number of hydrogen-bond donors (Lipinski definition) is 1. The summed E-state index contributed by atoms with van der Waals surface area (Å²) in [5, 5.41) is 0. The normalized spacial score (nSPS) is 17.0. The van der Waals surface area contributed by atoms with Crippen LogP contribution in [-0.2, 0) is 0 Å². The van der Waals surface area contributed by atoms with Crippen LogP contribution in [0.3, 0.4) is 0 Å². The lowest BCUT2D eigenvalue weighted by molar-refractivity contribution is 0.484. The van der Waals surface area contributed by atoms with E-state index in [4.69, 9.17) is 12.2 Å². The smallest absolute Gasteiger partial charge is 0.177 e. The van der Waals surface area contributed by atoms with Crippen molar-refractivity contribution in [3.05, 3.63) is 41.3 Å². The second kappa shape index (κ2) is 4.15. The molecule has 3 heteroatoms. The van der Waals surface area contributed by atoms with Crippen LogP contribution in [0, 0.1) is 10.7 Å². The highest BCUT2D eigenvalue weighted by atomic mass is 32.1. The van der Waals surface area contributed by atoms with Crippen LogP contribution in [0.5, 0.6) is 0 Å². The van der Waals surface area contributed by atoms with Gasteiger partial charge in [0.15, 0.2) is 4.77 Å². The van der Waals surface area contributed by atoms with Crippen molar-refractivity contribution in [3.8, 4) is 11.3 Å². The Morgan fingerprint density at radius 2 is 2.00 bits per heavy atom. The van der Waals surface area contributed by atoms with E-state index in [-0.39, 0.29) is 0 Å². The van der Waals surface area contributed by atoms with E-state index in [0.717, 1.165) is 10.7 Å². The van der Waals surface area contributed by atoms with Crippen molar-refractivity contribution in [2.45, 2.75) is 25.8 Å². The number of aromatic amines is 1. The van der Waals surface area contributed by atoms with Crippen LogP contribution in [0.4, 0.5) is 0 Å². The highest BCUT2D eigenvalue weighted by molar-refractivity contribution is 7.71. The summed E-state index contributed by atoms with van der Waals surface area (Å²) in [4.78, 5) is 3.18. The van der Waals surface area contributed by atoms with E-state index in [1.165, 1.54) is 24.1 Å². The minimum atomic E-state index is 0.504. The third kappa shape index (κ3) is 1.95. The van der Waals surface area contributed by atoms with Gasteiger partial charge >= 0.3 is 0 Å². The predicted molar refractivity (Wildman–Crippen MR) is 72.5 cm³/mol. The van der Waals surface area contributed by atoms with Gasteiger partial charge in [0.25, 0.3) is 0 Å². The SMILES string of the molecule is CC(C1CC1)n1c(-c2ccccc2)c[nH]c1=S. The fraction of sp³-hybridized carbons (Fsp3) is 0.357. The first kappa shape index (κ1) is 10.8. The van der Waals surface area contributed by atoms with E-state index in [2.05, 4.69) is 40.7 Å². The summed E-state index contributed by atoms with van der Waals surface area (Å²) in [6, 6.07) is 10.9. The van der Waals surface area contributed by atoms with Crippen LogP contribution in [-0.4, -0.2) is 9.55 Å². The highest BCUT2D eigenvalue weighted by Crippen LogP contribution is 2.41. The fourth-order valence-electron chi connectivity index (χ4n) is 2.40. The van der Waals surface area contributed by atoms with Crippen molar-refractivity contribution in [2.75, 3.05) is 0 Å². The van der Waals surface area contributed by atoms with Crippen molar-refractivity contribution in [1.29, 1.82) is 0 Å². The molecule has 0 amide bonds. The number of H-pyrrole nitrogens is 1. The molecule has 1 unspecified atom stereocenters. The summed E-state index contributed by atoms with van der Waals surface area (Å²) >= 11 is 5.40. The second-order valence-electron chi connectivity index (χ2n) is 4.79. The minimum absolute atomic E-state index is 0.504. The van der Waals surface area contributed by atoms with Crippen LogP contribution in [0.25, 0.3) is 11.3 Å². The summed E-state index contributed by atoms with van der Waals surface area (Å²) in [6.45, 7) is 2.27. The van der Waals surface area contributed by atoms with Crippen LogP contribution in [0.2, 0.25) is 0 Å². The molecule has 1 aromatic heterocycles. The lowest BCUT2D eigenvalue weighted by atomic mass is 10.1. The van der Waals surface area contributed by atoms with Gasteiger partial charge in [0.1, 0.15) is 0 Å². The van der Waals surface area contributed by atoms with Gasteiger partial charge in [-0.25, -0.2) is 0 Å². The first-order valence-corrected chi connectivity index (χ1v) is 6.53. The zero-order chi connectivity index (χ0) is 11.8. The monoisotopic (exact) mass is 244 g/mol. The van der Waals surface area contributed by atoms with Crippen molar-refractivity contribution in [1.82, 2.24) is 9.55 Å². The number of rotatable bonds is 3. The molecule has 0 saturated heterocycles. The second-order valence-corrected chi connectivity index (χ2v) is 5.18. The van der Waals surface area contributed by atoms with Gasteiger partial charge in [0.2, 0.25) is 0 Å². The maximum Gasteiger partial charge on any atom is 0.177 e. The molecule has 1 aliphatic carbocycles. The van der Waals surface area contributed by atoms with Gasteiger partial charge in [0.05, 0.1) is 5.69 Å². The standard InChI is InChI=1S/C14H16N2S/c1-10(11-7-8-11)16-13(9-15-14(16)17)12-5-3-2-4-6-12/h2-6,9-11H,7-8H2,1H3,(H,15,17). The zero-order valence-electron chi connectivity index (χ0n) is 9.89. The third-order valence-corrected chi connectivity index (χ3v) is 3.91. The average molecular weight is 244 g/mol. The molecule has 2 nitrogen and oxygen atoms in total. The summed E-state index contributed by atoms with van der Waals surface area (Å²) in [5.74, 6) is 0.806. The Hall–Kier alpha value is -1.35. The first-order chi connectivity index (χ1) is 8.27. The molecule has 0 bridgehead atoms. The number of nitrogens with zero attached hydrogens (tertiary/aromatic N) is 1. The van der Waals surface area contributed by atoms with Gasteiger partial charge in [-0.05, 0) is 43.5 Å². The molecule has 1 saturated carbocycles. The number of hydrogen-bond acceptors (Lipinski definition) is 1. The molecule has 1 aromatic carbocycles. The van der Waals surface area contributed by atoms with Crippen LogP contribution in [0.1, 0.15) is 25.8 Å². The molecule has 0 spiro atoms. The Labute approximate surface area is 106 Å². The molecular weight excluding hydrogens is 228 g/mol. The van der Waals surface area contributed by atoms with Crippen molar-refractivity contribution < 1.29 is 0 Å². The predicted octanol–water partition coefficient (Wildman–Crippen LogP) is 4.18. The molecular formula is C14H16N2S. The minimum Gasteiger partial charge on any atom is -0.337 e. The van der Waals surface area contributed by atoms with Gasteiger partial charge in [0, 0.05) is 12.2 Å². The van der Waals surface area contributed by atoms with Gasteiger partial charge < -0.3 is 9.55 Å². The van der Waals surface area contributed by atoms with Crippen molar-refractivity contribution >= 4 is 12.2 Å². The van der Waals surface area contributed by atoms with Gasteiger partial charge in [-0.3, -0.25) is 0 Å². The lowest BCUT2D eigenvalue weighted by Crippen LogP contribution is -2.08. The fourth-order valence-corrected chi connectivity index (χ4v) is 2.73. The molecule has 88 valence electrons. The summed E-state index contributed by atoms with van der Waals surface area (Å²) in [7, 11) is 0. The topological polar surface area (TPSA) is 20.7 Å². The Morgan fingerprint density at radius 1 is 1.29 bits per heavy atom. The Kier molecular flexibility index (Phi) is 2.63. The van der Waals surface area contributed by atoms with Gasteiger partial charge in [-0.2, -0.15) is 0 Å². The number of aromatic nitrogens is 2. The third-order valence-electron chi connectivity index (χ3n) is 3.59. The molecule has 1 fully saturated rings. The molecule has 0 aliphatic heterocycles. The van der Waals surface area contributed by atoms with E-state index in [1.54, 1.807) is 0 Å². The van der Waals surface area contributed by atoms with Crippen molar-refractivity contribution in [3.63, 3.8) is 0 Å². The molecule has 1 atom stereocenters. The Morgan fingerprint density at radius 3 is 2.65 bits per heavy atom. The first-order valence-electron chi connectivity index (χ1n) is 6.12.